The van der Waals surface area contributed by atoms with Gasteiger partial charge in [-0.15, -0.1) is 0 Å². The summed E-state index contributed by atoms with van der Waals surface area (Å²) in [5.41, 5.74) is 1.42. The third-order valence-corrected chi connectivity index (χ3v) is 3.54. The van der Waals surface area contributed by atoms with Crippen LogP contribution in [0.2, 0.25) is 0 Å². The van der Waals surface area contributed by atoms with Crippen LogP contribution < -0.4 is 10.6 Å². The molecule has 1 aliphatic heterocycles. The van der Waals surface area contributed by atoms with Gasteiger partial charge in [-0.05, 0) is 37.5 Å². The van der Waals surface area contributed by atoms with Crippen LogP contribution in [0.1, 0.15) is 29.6 Å². The van der Waals surface area contributed by atoms with E-state index in [9.17, 15) is 9.59 Å². The van der Waals surface area contributed by atoms with Gasteiger partial charge >= 0.3 is 0 Å². The fraction of sp³-hybridized carbons (Fsp3) is 0.357. The molecule has 1 atom stereocenters. The normalized spacial score (nSPS) is 19.4. The second kappa shape index (κ2) is 5.32. The molecule has 2 amide bonds. The van der Waals surface area contributed by atoms with Gasteiger partial charge in [0.25, 0.3) is 5.91 Å². The van der Waals surface area contributed by atoms with Gasteiger partial charge in [0.15, 0.2) is 0 Å². The Labute approximate surface area is 115 Å². The number of carbonyl (C=O) groups excluding carboxylic acids is 2. The molecular formula is C14H16N4O2. The highest BCUT2D eigenvalue weighted by atomic mass is 16.2. The summed E-state index contributed by atoms with van der Waals surface area (Å²) in [6, 6.07) is 4.86. The third-order valence-electron chi connectivity index (χ3n) is 3.54. The fourth-order valence-corrected chi connectivity index (χ4v) is 2.40. The first kappa shape index (κ1) is 12.7. The van der Waals surface area contributed by atoms with Gasteiger partial charge in [-0.1, -0.05) is 0 Å². The maximum Gasteiger partial charge on any atom is 0.251 e. The van der Waals surface area contributed by atoms with Crippen LogP contribution >= 0.6 is 0 Å². The van der Waals surface area contributed by atoms with E-state index in [4.69, 9.17) is 0 Å². The average molecular weight is 272 g/mol. The Morgan fingerprint density at radius 2 is 2.25 bits per heavy atom. The van der Waals surface area contributed by atoms with Gasteiger partial charge in [-0.3, -0.25) is 14.7 Å². The average Bonchev–Trinajstić information content (AvgIpc) is 2.83. The van der Waals surface area contributed by atoms with Crippen molar-refractivity contribution in [3.63, 3.8) is 0 Å². The molecule has 20 heavy (non-hydrogen) atoms. The standard InChI is InChI=1S/C14H16N4O2/c19-13(17-12-3-1-2-6-15-14(12)20)9-4-5-11-10(7-9)8-16-18-11/h4-5,7-8,12H,1-3,6H2,(H,15,20)(H,16,18)(H,17,19). The molecule has 0 saturated carbocycles. The van der Waals surface area contributed by atoms with E-state index in [2.05, 4.69) is 20.8 Å². The minimum atomic E-state index is -0.440. The quantitative estimate of drug-likeness (QED) is 0.761. The van der Waals surface area contributed by atoms with Crippen molar-refractivity contribution in [3.8, 4) is 0 Å². The molecule has 0 aliphatic carbocycles. The van der Waals surface area contributed by atoms with Gasteiger partial charge in [0.2, 0.25) is 5.91 Å². The van der Waals surface area contributed by atoms with E-state index in [1.807, 2.05) is 6.07 Å². The predicted molar refractivity (Wildman–Crippen MR) is 74.2 cm³/mol. The maximum absolute atomic E-state index is 12.2. The molecule has 3 rings (SSSR count). The van der Waals surface area contributed by atoms with Crippen LogP contribution in [0.4, 0.5) is 0 Å². The third kappa shape index (κ3) is 2.49. The van der Waals surface area contributed by atoms with Gasteiger partial charge in [-0.25, -0.2) is 0 Å². The second-order valence-electron chi connectivity index (χ2n) is 4.98. The van der Waals surface area contributed by atoms with Crippen molar-refractivity contribution in [2.24, 2.45) is 0 Å². The zero-order valence-electron chi connectivity index (χ0n) is 11.0. The minimum absolute atomic E-state index is 0.0970. The number of benzene rings is 1. The van der Waals surface area contributed by atoms with Crippen LogP contribution in [0.3, 0.4) is 0 Å². The van der Waals surface area contributed by atoms with E-state index in [1.54, 1.807) is 18.3 Å². The highest BCUT2D eigenvalue weighted by Gasteiger charge is 2.22. The van der Waals surface area contributed by atoms with E-state index >= 15 is 0 Å². The fourth-order valence-electron chi connectivity index (χ4n) is 2.40. The largest absolute Gasteiger partial charge is 0.354 e. The molecule has 1 unspecified atom stereocenters. The molecule has 0 bridgehead atoms. The molecule has 3 N–H and O–H groups in total. The van der Waals surface area contributed by atoms with Crippen LogP contribution in [0.15, 0.2) is 24.4 Å². The van der Waals surface area contributed by atoms with Gasteiger partial charge in [-0.2, -0.15) is 5.10 Å². The van der Waals surface area contributed by atoms with Crippen LogP contribution in [0.25, 0.3) is 10.9 Å². The van der Waals surface area contributed by atoms with E-state index in [0.717, 1.165) is 23.7 Å². The molecule has 1 aromatic carbocycles. The summed E-state index contributed by atoms with van der Waals surface area (Å²) in [5.74, 6) is -0.324. The summed E-state index contributed by atoms with van der Waals surface area (Å²) in [7, 11) is 0. The minimum Gasteiger partial charge on any atom is -0.354 e. The van der Waals surface area contributed by atoms with Crippen LogP contribution in [-0.4, -0.2) is 34.6 Å². The molecule has 104 valence electrons. The molecule has 2 heterocycles. The van der Waals surface area contributed by atoms with Gasteiger partial charge < -0.3 is 10.6 Å². The zero-order chi connectivity index (χ0) is 13.9. The Kier molecular flexibility index (Phi) is 3.37. The summed E-state index contributed by atoms with van der Waals surface area (Å²) in [4.78, 5) is 24.0. The lowest BCUT2D eigenvalue weighted by Crippen LogP contribution is -2.45. The molecule has 0 spiro atoms. The van der Waals surface area contributed by atoms with E-state index in [1.165, 1.54) is 0 Å². The summed E-state index contributed by atoms with van der Waals surface area (Å²) in [5, 5.41) is 13.2. The van der Waals surface area contributed by atoms with E-state index in [0.29, 0.717) is 18.5 Å². The van der Waals surface area contributed by atoms with Crippen molar-refractivity contribution in [1.82, 2.24) is 20.8 Å². The smallest absolute Gasteiger partial charge is 0.251 e. The molecule has 1 fully saturated rings. The first-order valence-corrected chi connectivity index (χ1v) is 6.76. The van der Waals surface area contributed by atoms with Crippen LogP contribution in [0, 0.1) is 0 Å². The van der Waals surface area contributed by atoms with Gasteiger partial charge in [0, 0.05) is 17.5 Å². The molecule has 6 heteroatoms. The Balaban J connectivity index is 1.76. The number of hydrogen-bond donors (Lipinski definition) is 3. The molecule has 2 aromatic rings. The predicted octanol–water partition coefficient (Wildman–Crippen LogP) is 0.961. The van der Waals surface area contributed by atoms with Crippen molar-refractivity contribution in [2.45, 2.75) is 25.3 Å². The molecule has 1 aliphatic rings. The summed E-state index contributed by atoms with van der Waals surface area (Å²) < 4.78 is 0. The number of aromatic amines is 1. The lowest BCUT2D eigenvalue weighted by atomic mass is 10.1. The molecule has 1 aromatic heterocycles. The highest BCUT2D eigenvalue weighted by Crippen LogP contribution is 2.13. The SMILES string of the molecule is O=C(NC1CCCCNC1=O)c1ccc2[nH]ncc2c1. The Hall–Kier alpha value is -2.37. The first-order chi connectivity index (χ1) is 9.74. The van der Waals surface area contributed by atoms with Gasteiger partial charge in [0.05, 0.1) is 11.7 Å². The van der Waals surface area contributed by atoms with Crippen molar-refractivity contribution in [3.05, 3.63) is 30.0 Å². The Bertz CT molecular complexity index is 649. The second-order valence-corrected chi connectivity index (χ2v) is 4.98. The van der Waals surface area contributed by atoms with E-state index in [-0.39, 0.29) is 11.8 Å². The molecular weight excluding hydrogens is 256 g/mol. The number of amides is 2. The number of nitrogens with one attached hydrogen (secondary N) is 3. The number of carbonyl (C=O) groups is 2. The molecule has 6 nitrogen and oxygen atoms in total. The van der Waals surface area contributed by atoms with Crippen LogP contribution in [-0.2, 0) is 4.79 Å². The lowest BCUT2D eigenvalue weighted by Gasteiger charge is -2.15. The first-order valence-electron chi connectivity index (χ1n) is 6.76. The maximum atomic E-state index is 12.2. The number of hydrogen-bond acceptors (Lipinski definition) is 3. The van der Waals surface area contributed by atoms with Gasteiger partial charge in [0.1, 0.15) is 6.04 Å². The van der Waals surface area contributed by atoms with Crippen molar-refractivity contribution < 1.29 is 9.59 Å². The lowest BCUT2D eigenvalue weighted by molar-refractivity contribution is -0.122. The molecule has 0 radical (unpaired) electrons. The topological polar surface area (TPSA) is 86.9 Å². The summed E-state index contributed by atoms with van der Waals surface area (Å²) in [6.07, 6.45) is 4.25. The molecule has 1 saturated heterocycles. The monoisotopic (exact) mass is 272 g/mol. The van der Waals surface area contributed by atoms with E-state index < -0.39 is 6.04 Å². The number of fused-ring (bicyclic) bond motifs is 1. The number of nitrogens with zero attached hydrogens (tertiary/aromatic N) is 1. The van der Waals surface area contributed by atoms with Crippen molar-refractivity contribution in [1.29, 1.82) is 0 Å². The number of rotatable bonds is 2. The van der Waals surface area contributed by atoms with Crippen LogP contribution in [0.5, 0.6) is 0 Å². The number of H-pyrrole nitrogens is 1. The summed E-state index contributed by atoms with van der Waals surface area (Å²) in [6.45, 7) is 0.687. The summed E-state index contributed by atoms with van der Waals surface area (Å²) >= 11 is 0. The highest BCUT2D eigenvalue weighted by molar-refractivity contribution is 6.00. The number of aromatic nitrogens is 2. The zero-order valence-corrected chi connectivity index (χ0v) is 11.0. The van der Waals surface area contributed by atoms with Crippen molar-refractivity contribution >= 4 is 22.7 Å². The van der Waals surface area contributed by atoms with Crippen molar-refractivity contribution in [2.75, 3.05) is 6.54 Å². The Morgan fingerprint density at radius 1 is 1.35 bits per heavy atom. The Morgan fingerprint density at radius 3 is 3.15 bits per heavy atom.